The maximum atomic E-state index is 12.4. The summed E-state index contributed by atoms with van der Waals surface area (Å²) >= 11 is 0. The van der Waals surface area contributed by atoms with Crippen molar-refractivity contribution in [1.29, 1.82) is 0 Å². The first-order chi connectivity index (χ1) is 8.02. The molecular weight excluding hydrogens is 216 g/mol. The Balaban J connectivity index is 2.06. The lowest BCUT2D eigenvalue weighted by atomic mass is 9.46. The number of carbonyl (C=O) groups excluding carboxylic acids is 1. The summed E-state index contributed by atoms with van der Waals surface area (Å²) in [6.07, 6.45) is 1.69. The standard InChI is InChI=1S/C14H24O3/c1-5-16-13(17-6-2)10-7-9-8-11(12(10)15)14(9,3)4/h9-11,13H,5-8H2,1-4H3/t9-,10?,11-/m0/s1. The average molecular weight is 240 g/mol. The van der Waals surface area contributed by atoms with Crippen LogP contribution in [0, 0.1) is 23.2 Å². The number of carbonyl (C=O) groups is 1. The predicted octanol–water partition coefficient (Wildman–Crippen LogP) is 2.64. The van der Waals surface area contributed by atoms with Crippen LogP contribution in [-0.4, -0.2) is 25.3 Å². The summed E-state index contributed by atoms with van der Waals surface area (Å²) in [5, 5.41) is 0. The van der Waals surface area contributed by atoms with Gasteiger partial charge in [0.15, 0.2) is 6.29 Å². The van der Waals surface area contributed by atoms with Gasteiger partial charge in [-0.1, -0.05) is 13.8 Å². The smallest absolute Gasteiger partial charge is 0.167 e. The highest BCUT2D eigenvalue weighted by Crippen LogP contribution is 2.59. The second-order valence-corrected chi connectivity index (χ2v) is 5.83. The maximum absolute atomic E-state index is 12.4. The zero-order valence-corrected chi connectivity index (χ0v) is 11.4. The van der Waals surface area contributed by atoms with Gasteiger partial charge in [0.25, 0.3) is 0 Å². The van der Waals surface area contributed by atoms with Crippen molar-refractivity contribution in [2.75, 3.05) is 13.2 Å². The van der Waals surface area contributed by atoms with Gasteiger partial charge in [0, 0.05) is 19.1 Å². The Hall–Kier alpha value is -0.410. The highest BCUT2D eigenvalue weighted by Gasteiger charge is 2.59. The second kappa shape index (κ2) is 4.69. The van der Waals surface area contributed by atoms with Crippen LogP contribution in [0.1, 0.15) is 40.5 Å². The molecule has 0 spiro atoms. The SMILES string of the molecule is CCOC(OCC)C1C[C@H]2C[C@@H](C1=O)C2(C)C. The molecule has 3 rings (SSSR count). The van der Waals surface area contributed by atoms with Crippen molar-refractivity contribution in [2.45, 2.75) is 46.8 Å². The van der Waals surface area contributed by atoms with Gasteiger partial charge in [-0.2, -0.15) is 0 Å². The summed E-state index contributed by atoms with van der Waals surface area (Å²) in [6, 6.07) is 0. The van der Waals surface area contributed by atoms with E-state index >= 15 is 0 Å². The first-order valence-electron chi connectivity index (χ1n) is 6.79. The van der Waals surface area contributed by atoms with Gasteiger partial charge in [-0.25, -0.2) is 0 Å². The normalized spacial score (nSPS) is 34.9. The summed E-state index contributed by atoms with van der Waals surface area (Å²) in [5.41, 5.74) is 0.205. The van der Waals surface area contributed by atoms with Crippen molar-refractivity contribution in [3.05, 3.63) is 0 Å². The maximum Gasteiger partial charge on any atom is 0.167 e. The number of rotatable bonds is 5. The summed E-state index contributed by atoms with van der Waals surface area (Å²) in [6.45, 7) is 9.54. The van der Waals surface area contributed by atoms with Gasteiger partial charge in [-0.05, 0) is 38.0 Å². The Labute approximate surface area is 104 Å². The Morgan fingerprint density at radius 1 is 1.24 bits per heavy atom. The van der Waals surface area contributed by atoms with Crippen molar-refractivity contribution in [1.82, 2.24) is 0 Å². The zero-order valence-electron chi connectivity index (χ0n) is 11.4. The van der Waals surface area contributed by atoms with Crippen LogP contribution in [0.3, 0.4) is 0 Å². The number of hydrogen-bond donors (Lipinski definition) is 0. The van der Waals surface area contributed by atoms with E-state index in [1.165, 1.54) is 0 Å². The number of Topliss-reactive ketones (excluding diaryl/α,β-unsaturated/α-hetero) is 1. The van der Waals surface area contributed by atoms with Gasteiger partial charge in [-0.15, -0.1) is 0 Å². The van der Waals surface area contributed by atoms with Gasteiger partial charge >= 0.3 is 0 Å². The van der Waals surface area contributed by atoms with Gasteiger partial charge < -0.3 is 9.47 Å². The van der Waals surface area contributed by atoms with E-state index in [1.54, 1.807) is 0 Å². The van der Waals surface area contributed by atoms with Gasteiger partial charge in [0.1, 0.15) is 5.78 Å². The third kappa shape index (κ3) is 2.04. The Morgan fingerprint density at radius 3 is 2.24 bits per heavy atom. The molecule has 0 saturated heterocycles. The van der Waals surface area contributed by atoms with E-state index in [9.17, 15) is 4.79 Å². The third-order valence-corrected chi connectivity index (χ3v) is 4.71. The van der Waals surface area contributed by atoms with Crippen LogP contribution in [0.2, 0.25) is 0 Å². The van der Waals surface area contributed by atoms with Crippen LogP contribution in [-0.2, 0) is 14.3 Å². The topological polar surface area (TPSA) is 35.5 Å². The fourth-order valence-electron chi connectivity index (χ4n) is 3.43. The first kappa shape index (κ1) is 13.0. The summed E-state index contributed by atoms with van der Waals surface area (Å²) in [5.74, 6) is 1.23. The van der Waals surface area contributed by atoms with Gasteiger partial charge in [0.05, 0.1) is 5.92 Å². The highest BCUT2D eigenvalue weighted by atomic mass is 16.7. The van der Waals surface area contributed by atoms with E-state index in [1.807, 2.05) is 13.8 Å². The molecule has 3 saturated carbocycles. The third-order valence-electron chi connectivity index (χ3n) is 4.71. The molecule has 3 aliphatic carbocycles. The molecule has 17 heavy (non-hydrogen) atoms. The van der Waals surface area contributed by atoms with E-state index in [-0.39, 0.29) is 23.5 Å². The van der Waals surface area contributed by atoms with Gasteiger partial charge in [0.2, 0.25) is 0 Å². The average Bonchev–Trinajstić information content (AvgIpc) is 2.28. The molecule has 0 radical (unpaired) electrons. The molecule has 0 aromatic carbocycles. The second-order valence-electron chi connectivity index (χ2n) is 5.83. The summed E-state index contributed by atoms with van der Waals surface area (Å²) < 4.78 is 11.2. The molecule has 3 aliphatic rings. The van der Waals surface area contributed by atoms with Gasteiger partial charge in [-0.3, -0.25) is 4.79 Å². The van der Waals surface area contributed by atoms with Crippen molar-refractivity contribution in [3.63, 3.8) is 0 Å². The molecule has 3 atom stereocenters. The minimum absolute atomic E-state index is 0.0355. The van der Waals surface area contributed by atoms with Crippen molar-refractivity contribution >= 4 is 5.78 Å². The van der Waals surface area contributed by atoms with E-state index in [0.717, 1.165) is 12.8 Å². The fourth-order valence-corrected chi connectivity index (χ4v) is 3.43. The minimum atomic E-state index is -0.320. The van der Waals surface area contributed by atoms with Crippen LogP contribution in [0.4, 0.5) is 0 Å². The number of hydrogen-bond acceptors (Lipinski definition) is 3. The Bertz CT molecular complexity index is 292. The molecular formula is C14H24O3. The van der Waals surface area contributed by atoms with Crippen LogP contribution >= 0.6 is 0 Å². The number of ketones is 1. The largest absolute Gasteiger partial charge is 0.352 e. The molecule has 1 unspecified atom stereocenters. The van der Waals surface area contributed by atoms with E-state index in [2.05, 4.69) is 13.8 Å². The predicted molar refractivity (Wildman–Crippen MR) is 65.5 cm³/mol. The molecule has 0 aliphatic heterocycles. The van der Waals surface area contributed by atoms with E-state index in [4.69, 9.17) is 9.47 Å². The lowest BCUT2D eigenvalue weighted by molar-refractivity contribution is -0.205. The number of fused-ring (bicyclic) bond motifs is 2. The molecule has 98 valence electrons. The fraction of sp³-hybridized carbons (Fsp3) is 0.929. The first-order valence-corrected chi connectivity index (χ1v) is 6.79. The molecule has 3 fully saturated rings. The molecule has 0 N–H and O–H groups in total. The van der Waals surface area contributed by atoms with Crippen molar-refractivity contribution < 1.29 is 14.3 Å². The Kier molecular flexibility index (Phi) is 3.60. The highest BCUT2D eigenvalue weighted by molar-refractivity contribution is 5.87. The molecule has 3 heteroatoms. The molecule has 0 amide bonds. The molecule has 2 bridgehead atoms. The van der Waals surface area contributed by atoms with Crippen LogP contribution in [0.5, 0.6) is 0 Å². The summed E-state index contributed by atoms with van der Waals surface area (Å²) in [4.78, 5) is 12.4. The molecule has 0 heterocycles. The van der Waals surface area contributed by atoms with E-state index < -0.39 is 0 Å². The van der Waals surface area contributed by atoms with Crippen LogP contribution in [0.15, 0.2) is 0 Å². The summed E-state index contributed by atoms with van der Waals surface area (Å²) in [7, 11) is 0. The van der Waals surface area contributed by atoms with E-state index in [0.29, 0.717) is 24.9 Å². The number of ether oxygens (including phenoxy) is 2. The lowest BCUT2D eigenvalue weighted by Gasteiger charge is -2.58. The molecule has 0 aromatic heterocycles. The van der Waals surface area contributed by atoms with Crippen LogP contribution < -0.4 is 0 Å². The molecule has 3 nitrogen and oxygen atoms in total. The Morgan fingerprint density at radius 2 is 1.82 bits per heavy atom. The van der Waals surface area contributed by atoms with Crippen molar-refractivity contribution in [2.24, 2.45) is 23.2 Å². The molecule has 0 aromatic rings. The minimum Gasteiger partial charge on any atom is -0.352 e. The zero-order chi connectivity index (χ0) is 12.6. The lowest BCUT2D eigenvalue weighted by Crippen LogP contribution is -2.58. The van der Waals surface area contributed by atoms with Crippen LogP contribution in [0.25, 0.3) is 0 Å². The van der Waals surface area contributed by atoms with Crippen molar-refractivity contribution in [3.8, 4) is 0 Å². The monoisotopic (exact) mass is 240 g/mol. The quantitative estimate of drug-likeness (QED) is 0.693.